The second-order valence-corrected chi connectivity index (χ2v) is 5.06. The third-order valence-corrected chi connectivity index (χ3v) is 3.50. The lowest BCUT2D eigenvalue weighted by atomic mass is 9.95. The van der Waals surface area contributed by atoms with Crippen LogP contribution in [0.25, 0.3) is 0 Å². The molecule has 2 heterocycles. The Morgan fingerprint density at radius 2 is 2.57 bits per heavy atom. The molecule has 1 aliphatic heterocycles. The van der Waals surface area contributed by atoms with Gasteiger partial charge in [0.05, 0.1) is 17.7 Å². The van der Waals surface area contributed by atoms with Crippen LogP contribution >= 0.6 is 11.3 Å². The highest BCUT2D eigenvalue weighted by molar-refractivity contribution is 7.11. The first kappa shape index (κ1) is 10.1. The molecule has 0 radical (unpaired) electrons. The Morgan fingerprint density at radius 3 is 3.21 bits per heavy atom. The molecule has 78 valence electrons. The van der Waals surface area contributed by atoms with Crippen LogP contribution in [-0.4, -0.2) is 29.4 Å². The number of nitrogens with zero attached hydrogens (tertiary/aromatic N) is 1. The normalized spacial score (nSPS) is 27.9. The van der Waals surface area contributed by atoms with Gasteiger partial charge in [0.1, 0.15) is 0 Å². The number of aromatic nitrogens is 1. The van der Waals surface area contributed by atoms with E-state index in [9.17, 15) is 5.11 Å². The molecule has 1 N–H and O–H groups in total. The summed E-state index contributed by atoms with van der Waals surface area (Å²) in [6.07, 6.45) is 3.36. The molecule has 1 aromatic heterocycles. The van der Waals surface area contributed by atoms with Gasteiger partial charge in [-0.3, -0.25) is 0 Å². The van der Waals surface area contributed by atoms with Gasteiger partial charge < -0.3 is 9.84 Å². The molecule has 4 heteroatoms. The minimum atomic E-state index is -0.203. The van der Waals surface area contributed by atoms with Gasteiger partial charge in [0.2, 0.25) is 0 Å². The maximum atomic E-state index is 9.74. The summed E-state index contributed by atoms with van der Waals surface area (Å²) < 4.78 is 5.36. The van der Waals surface area contributed by atoms with E-state index in [1.807, 2.05) is 13.1 Å². The molecule has 2 unspecified atom stereocenters. The van der Waals surface area contributed by atoms with Crippen LogP contribution in [-0.2, 0) is 11.2 Å². The summed E-state index contributed by atoms with van der Waals surface area (Å²) in [7, 11) is 0. The van der Waals surface area contributed by atoms with E-state index in [-0.39, 0.29) is 12.0 Å². The molecule has 2 atom stereocenters. The van der Waals surface area contributed by atoms with Crippen molar-refractivity contribution in [2.24, 2.45) is 5.92 Å². The van der Waals surface area contributed by atoms with E-state index in [1.54, 1.807) is 11.3 Å². The molecule has 14 heavy (non-hydrogen) atoms. The molecule has 0 bridgehead atoms. The molecule has 0 amide bonds. The van der Waals surface area contributed by atoms with Gasteiger partial charge in [-0.2, -0.15) is 0 Å². The Morgan fingerprint density at radius 1 is 1.71 bits per heavy atom. The minimum absolute atomic E-state index is 0.203. The van der Waals surface area contributed by atoms with Crippen LogP contribution in [0.15, 0.2) is 6.20 Å². The summed E-state index contributed by atoms with van der Waals surface area (Å²) in [4.78, 5) is 5.45. The number of rotatable bonds is 2. The zero-order chi connectivity index (χ0) is 9.97. The van der Waals surface area contributed by atoms with Crippen LogP contribution in [0, 0.1) is 12.8 Å². The van der Waals surface area contributed by atoms with Gasteiger partial charge in [-0.25, -0.2) is 4.98 Å². The zero-order valence-corrected chi connectivity index (χ0v) is 9.09. The van der Waals surface area contributed by atoms with E-state index in [2.05, 4.69) is 4.98 Å². The lowest BCUT2D eigenvalue weighted by molar-refractivity contribution is -0.0348. The van der Waals surface area contributed by atoms with Gasteiger partial charge in [-0.05, 0) is 19.8 Å². The highest BCUT2D eigenvalue weighted by Crippen LogP contribution is 2.22. The fourth-order valence-corrected chi connectivity index (χ4v) is 2.63. The van der Waals surface area contributed by atoms with Crippen molar-refractivity contribution in [2.75, 3.05) is 13.2 Å². The van der Waals surface area contributed by atoms with E-state index in [0.717, 1.165) is 17.8 Å². The third-order valence-electron chi connectivity index (χ3n) is 2.57. The molecule has 1 aliphatic rings. The Hall–Kier alpha value is -0.450. The molecule has 2 rings (SSSR count). The monoisotopic (exact) mass is 213 g/mol. The maximum absolute atomic E-state index is 9.74. The van der Waals surface area contributed by atoms with Crippen molar-refractivity contribution < 1.29 is 9.84 Å². The van der Waals surface area contributed by atoms with E-state index in [0.29, 0.717) is 13.2 Å². The number of aliphatic hydroxyl groups excluding tert-OH is 1. The molecule has 1 aromatic rings. The molecule has 3 nitrogen and oxygen atoms in total. The predicted octanol–water partition coefficient (Wildman–Crippen LogP) is 1.39. The number of hydrogen-bond acceptors (Lipinski definition) is 4. The van der Waals surface area contributed by atoms with E-state index in [4.69, 9.17) is 4.74 Å². The predicted molar refractivity (Wildman–Crippen MR) is 55.5 cm³/mol. The first-order chi connectivity index (χ1) is 6.75. The Balaban J connectivity index is 1.95. The van der Waals surface area contributed by atoms with Crippen molar-refractivity contribution in [1.82, 2.24) is 4.98 Å². The van der Waals surface area contributed by atoms with Crippen LogP contribution in [0.5, 0.6) is 0 Å². The van der Waals surface area contributed by atoms with Gasteiger partial charge >= 0.3 is 0 Å². The minimum Gasteiger partial charge on any atom is -0.393 e. The number of thiazole rings is 1. The molecular formula is C10H15NO2S. The van der Waals surface area contributed by atoms with Crippen LogP contribution < -0.4 is 0 Å². The fourth-order valence-electron chi connectivity index (χ4n) is 1.74. The van der Waals surface area contributed by atoms with Crippen molar-refractivity contribution in [3.05, 3.63) is 16.1 Å². The van der Waals surface area contributed by atoms with Crippen molar-refractivity contribution in [1.29, 1.82) is 0 Å². The van der Waals surface area contributed by atoms with Gasteiger partial charge in [-0.15, -0.1) is 11.3 Å². The summed E-state index contributed by atoms with van der Waals surface area (Å²) >= 11 is 1.71. The Bertz CT molecular complexity index is 300. The number of aliphatic hydroxyl groups is 1. The fraction of sp³-hybridized carbons (Fsp3) is 0.700. The first-order valence-electron chi connectivity index (χ1n) is 4.93. The summed E-state index contributed by atoms with van der Waals surface area (Å²) in [6, 6.07) is 0. The quantitative estimate of drug-likeness (QED) is 0.807. The average molecular weight is 213 g/mol. The first-order valence-corrected chi connectivity index (χ1v) is 5.74. The number of aryl methyl sites for hydroxylation is 1. The topological polar surface area (TPSA) is 42.4 Å². The lowest BCUT2D eigenvalue weighted by Gasteiger charge is -2.27. The largest absolute Gasteiger partial charge is 0.393 e. The van der Waals surface area contributed by atoms with Crippen molar-refractivity contribution in [3.63, 3.8) is 0 Å². The van der Waals surface area contributed by atoms with Crippen molar-refractivity contribution in [2.45, 2.75) is 25.9 Å². The highest BCUT2D eigenvalue weighted by atomic mass is 32.1. The maximum Gasteiger partial charge on any atom is 0.0896 e. The molecule has 0 saturated carbocycles. The highest BCUT2D eigenvalue weighted by Gasteiger charge is 2.24. The molecule has 0 aliphatic carbocycles. The van der Waals surface area contributed by atoms with Gasteiger partial charge in [0, 0.05) is 23.6 Å². The molecule has 0 aromatic carbocycles. The summed E-state index contributed by atoms with van der Waals surface area (Å²) in [5.74, 6) is 0.253. The Labute approximate surface area is 87.7 Å². The lowest BCUT2D eigenvalue weighted by Crippen LogP contribution is -2.32. The molecule has 1 saturated heterocycles. The molecule has 0 spiro atoms. The van der Waals surface area contributed by atoms with Crippen molar-refractivity contribution in [3.8, 4) is 0 Å². The second kappa shape index (κ2) is 4.38. The van der Waals surface area contributed by atoms with Gasteiger partial charge in [0.25, 0.3) is 0 Å². The van der Waals surface area contributed by atoms with Gasteiger partial charge in [-0.1, -0.05) is 0 Å². The average Bonchev–Trinajstić information content (AvgIpc) is 2.56. The van der Waals surface area contributed by atoms with Gasteiger partial charge in [0.15, 0.2) is 0 Å². The molecular weight excluding hydrogens is 198 g/mol. The summed E-state index contributed by atoms with van der Waals surface area (Å²) in [6.45, 7) is 3.37. The second-order valence-electron chi connectivity index (χ2n) is 3.74. The summed E-state index contributed by atoms with van der Waals surface area (Å²) in [5.41, 5.74) is 0. The van der Waals surface area contributed by atoms with Crippen molar-refractivity contribution >= 4 is 11.3 Å². The van der Waals surface area contributed by atoms with Crippen LogP contribution in [0.4, 0.5) is 0 Å². The smallest absolute Gasteiger partial charge is 0.0896 e. The van der Waals surface area contributed by atoms with Crippen LogP contribution in [0.2, 0.25) is 0 Å². The number of ether oxygens (including phenoxy) is 1. The van der Waals surface area contributed by atoms with E-state index in [1.165, 1.54) is 4.88 Å². The molecule has 1 fully saturated rings. The summed E-state index contributed by atoms with van der Waals surface area (Å²) in [5, 5.41) is 10.8. The van der Waals surface area contributed by atoms with E-state index >= 15 is 0 Å². The van der Waals surface area contributed by atoms with E-state index < -0.39 is 0 Å². The standard InChI is InChI=1S/C10H15NO2S/c1-7-11-5-9(14-7)4-8-6-13-3-2-10(8)12/h5,8,10,12H,2-4,6H2,1H3. The van der Waals surface area contributed by atoms with Crippen LogP contribution in [0.1, 0.15) is 16.3 Å². The third kappa shape index (κ3) is 2.32. The Kier molecular flexibility index (Phi) is 3.15. The van der Waals surface area contributed by atoms with Crippen LogP contribution in [0.3, 0.4) is 0 Å². The zero-order valence-electron chi connectivity index (χ0n) is 8.27. The number of hydrogen-bond donors (Lipinski definition) is 1. The SMILES string of the molecule is Cc1ncc(CC2COCCC2O)s1.